The Kier molecular flexibility index (Phi) is 8.10. The first kappa shape index (κ1) is 20.7. The van der Waals surface area contributed by atoms with Gasteiger partial charge in [0.1, 0.15) is 5.75 Å². The molecular formula is C20H28N2O5. The third kappa shape index (κ3) is 6.92. The Hall–Kier alpha value is -2.57. The van der Waals surface area contributed by atoms with Crippen LogP contribution in [0, 0.1) is 5.92 Å². The van der Waals surface area contributed by atoms with Gasteiger partial charge >= 0.3 is 12.0 Å². The van der Waals surface area contributed by atoms with E-state index in [1.54, 1.807) is 24.3 Å². The lowest BCUT2D eigenvalue weighted by atomic mass is 9.86. The number of carbonyl (C=O) groups is 3. The van der Waals surface area contributed by atoms with Gasteiger partial charge in [-0.2, -0.15) is 0 Å². The van der Waals surface area contributed by atoms with E-state index in [1.807, 2.05) is 6.92 Å². The van der Waals surface area contributed by atoms with Crippen LogP contribution in [0.1, 0.15) is 56.3 Å². The number of hydrogen-bond acceptors (Lipinski definition) is 5. The molecular weight excluding hydrogens is 348 g/mol. The summed E-state index contributed by atoms with van der Waals surface area (Å²) in [6, 6.07) is 6.01. The normalized spacial score (nSPS) is 19.0. The molecule has 0 saturated heterocycles. The predicted molar refractivity (Wildman–Crippen MR) is 101 cm³/mol. The fraction of sp³-hybridized carbons (Fsp3) is 0.550. The standard InChI is InChI=1S/C20H28N2O5/c1-3-12-26-16-10-8-15(9-11-16)19(24)27-13-18(23)22-20(25)21-17-7-5-4-6-14(17)2/h8-11,14,17H,3-7,12-13H2,1-2H3,(H2,21,22,23,25)/t14-,17-/m0/s1. The lowest BCUT2D eigenvalue weighted by Gasteiger charge is -2.29. The molecule has 148 valence electrons. The van der Waals surface area contributed by atoms with Gasteiger partial charge in [-0.05, 0) is 49.4 Å². The highest BCUT2D eigenvalue weighted by atomic mass is 16.5. The van der Waals surface area contributed by atoms with Crippen molar-refractivity contribution in [1.82, 2.24) is 10.6 Å². The third-order valence-electron chi connectivity index (χ3n) is 4.58. The molecule has 1 aliphatic carbocycles. The van der Waals surface area contributed by atoms with E-state index in [2.05, 4.69) is 17.6 Å². The quantitative estimate of drug-likeness (QED) is 0.714. The van der Waals surface area contributed by atoms with Crippen LogP contribution in [0.3, 0.4) is 0 Å². The molecule has 1 fully saturated rings. The Morgan fingerprint density at radius 2 is 1.81 bits per heavy atom. The summed E-state index contributed by atoms with van der Waals surface area (Å²) in [4.78, 5) is 35.7. The minimum Gasteiger partial charge on any atom is -0.494 e. The van der Waals surface area contributed by atoms with E-state index in [0.29, 0.717) is 23.8 Å². The highest BCUT2D eigenvalue weighted by Crippen LogP contribution is 2.23. The van der Waals surface area contributed by atoms with Crippen LogP contribution < -0.4 is 15.4 Å². The summed E-state index contributed by atoms with van der Waals surface area (Å²) in [6.45, 7) is 4.19. The molecule has 2 N–H and O–H groups in total. The Morgan fingerprint density at radius 3 is 2.48 bits per heavy atom. The van der Waals surface area contributed by atoms with Gasteiger partial charge in [0.25, 0.3) is 5.91 Å². The molecule has 2 rings (SSSR count). The van der Waals surface area contributed by atoms with E-state index in [9.17, 15) is 14.4 Å². The summed E-state index contributed by atoms with van der Waals surface area (Å²) in [7, 11) is 0. The van der Waals surface area contributed by atoms with Crippen molar-refractivity contribution in [2.45, 2.75) is 52.0 Å². The zero-order valence-electron chi connectivity index (χ0n) is 16.0. The van der Waals surface area contributed by atoms with Crippen LogP contribution in [0.15, 0.2) is 24.3 Å². The first-order valence-corrected chi connectivity index (χ1v) is 9.50. The highest BCUT2D eigenvalue weighted by Gasteiger charge is 2.23. The van der Waals surface area contributed by atoms with Crippen molar-refractivity contribution < 1.29 is 23.9 Å². The van der Waals surface area contributed by atoms with Gasteiger partial charge in [0.2, 0.25) is 0 Å². The fourth-order valence-electron chi connectivity index (χ4n) is 3.02. The summed E-state index contributed by atoms with van der Waals surface area (Å²) in [5.41, 5.74) is 0.312. The molecule has 0 unspecified atom stereocenters. The van der Waals surface area contributed by atoms with Crippen LogP contribution in [-0.4, -0.2) is 37.2 Å². The number of rotatable bonds is 7. The Bertz CT molecular complexity index is 644. The van der Waals surface area contributed by atoms with Gasteiger partial charge in [-0.15, -0.1) is 0 Å². The second-order valence-corrected chi connectivity index (χ2v) is 6.84. The smallest absolute Gasteiger partial charge is 0.338 e. The molecule has 1 aliphatic rings. The van der Waals surface area contributed by atoms with E-state index in [1.165, 1.54) is 6.42 Å². The number of nitrogens with one attached hydrogen (secondary N) is 2. The van der Waals surface area contributed by atoms with Crippen molar-refractivity contribution in [3.63, 3.8) is 0 Å². The van der Waals surface area contributed by atoms with Crippen molar-refractivity contribution >= 4 is 17.9 Å². The number of ether oxygens (including phenoxy) is 2. The van der Waals surface area contributed by atoms with Gasteiger partial charge in [0.15, 0.2) is 6.61 Å². The molecule has 2 atom stereocenters. The molecule has 0 aromatic heterocycles. The summed E-state index contributed by atoms with van der Waals surface area (Å²) in [5, 5.41) is 5.02. The van der Waals surface area contributed by atoms with E-state index >= 15 is 0 Å². The number of amides is 3. The van der Waals surface area contributed by atoms with Crippen molar-refractivity contribution in [1.29, 1.82) is 0 Å². The number of imide groups is 1. The SMILES string of the molecule is CCCOc1ccc(C(=O)OCC(=O)NC(=O)N[C@H]2CCCC[C@@H]2C)cc1. The Balaban J connectivity index is 1.72. The van der Waals surface area contributed by atoms with Crippen LogP contribution in [0.4, 0.5) is 4.79 Å². The maximum absolute atomic E-state index is 12.0. The zero-order chi connectivity index (χ0) is 19.6. The van der Waals surface area contributed by atoms with Crippen LogP contribution in [0.25, 0.3) is 0 Å². The van der Waals surface area contributed by atoms with E-state index in [-0.39, 0.29) is 6.04 Å². The summed E-state index contributed by atoms with van der Waals surface area (Å²) in [5.74, 6) is -0.234. The van der Waals surface area contributed by atoms with Crippen molar-refractivity contribution in [3.8, 4) is 5.75 Å². The van der Waals surface area contributed by atoms with E-state index in [0.717, 1.165) is 25.7 Å². The molecule has 0 aliphatic heterocycles. The molecule has 7 nitrogen and oxygen atoms in total. The van der Waals surface area contributed by atoms with Gasteiger partial charge in [0.05, 0.1) is 12.2 Å². The number of benzene rings is 1. The largest absolute Gasteiger partial charge is 0.494 e. The maximum Gasteiger partial charge on any atom is 0.338 e. The van der Waals surface area contributed by atoms with Crippen molar-refractivity contribution in [2.75, 3.05) is 13.2 Å². The predicted octanol–water partition coefficient (Wildman–Crippen LogP) is 3.04. The molecule has 0 bridgehead atoms. The van der Waals surface area contributed by atoms with E-state index in [4.69, 9.17) is 9.47 Å². The lowest BCUT2D eigenvalue weighted by Crippen LogP contribution is -2.48. The average Bonchev–Trinajstić information content (AvgIpc) is 2.66. The second kappa shape index (κ2) is 10.5. The first-order valence-electron chi connectivity index (χ1n) is 9.50. The monoisotopic (exact) mass is 376 g/mol. The molecule has 1 saturated carbocycles. The van der Waals surface area contributed by atoms with Crippen LogP contribution >= 0.6 is 0 Å². The number of esters is 1. The fourth-order valence-corrected chi connectivity index (χ4v) is 3.02. The molecule has 7 heteroatoms. The molecule has 0 radical (unpaired) electrons. The summed E-state index contributed by atoms with van der Waals surface area (Å²) in [6.07, 6.45) is 5.12. The number of urea groups is 1. The topological polar surface area (TPSA) is 93.7 Å². The van der Waals surface area contributed by atoms with Gasteiger partial charge in [0, 0.05) is 6.04 Å². The molecule has 27 heavy (non-hydrogen) atoms. The maximum atomic E-state index is 12.0. The minimum absolute atomic E-state index is 0.0718. The summed E-state index contributed by atoms with van der Waals surface area (Å²) >= 11 is 0. The van der Waals surface area contributed by atoms with Gasteiger partial charge in [-0.1, -0.05) is 26.7 Å². The molecule has 1 aromatic rings. The molecule has 1 aromatic carbocycles. The van der Waals surface area contributed by atoms with Gasteiger partial charge in [-0.3, -0.25) is 10.1 Å². The van der Waals surface area contributed by atoms with E-state index < -0.39 is 24.5 Å². The first-order chi connectivity index (χ1) is 13.0. The zero-order valence-corrected chi connectivity index (χ0v) is 16.0. The van der Waals surface area contributed by atoms with Crippen molar-refractivity contribution in [2.24, 2.45) is 5.92 Å². The molecule has 0 spiro atoms. The van der Waals surface area contributed by atoms with Gasteiger partial charge in [-0.25, -0.2) is 9.59 Å². The Labute approximate surface area is 159 Å². The number of hydrogen-bond donors (Lipinski definition) is 2. The van der Waals surface area contributed by atoms with Gasteiger partial charge < -0.3 is 14.8 Å². The van der Waals surface area contributed by atoms with Crippen LogP contribution in [-0.2, 0) is 9.53 Å². The minimum atomic E-state index is -0.660. The summed E-state index contributed by atoms with van der Waals surface area (Å²) < 4.78 is 10.4. The second-order valence-electron chi connectivity index (χ2n) is 6.84. The van der Waals surface area contributed by atoms with Crippen LogP contribution in [0.2, 0.25) is 0 Å². The highest BCUT2D eigenvalue weighted by molar-refractivity contribution is 5.97. The third-order valence-corrected chi connectivity index (χ3v) is 4.58. The van der Waals surface area contributed by atoms with Crippen molar-refractivity contribution in [3.05, 3.63) is 29.8 Å². The Morgan fingerprint density at radius 1 is 1.11 bits per heavy atom. The molecule has 0 heterocycles. The van der Waals surface area contributed by atoms with Crippen LogP contribution in [0.5, 0.6) is 5.75 Å². The molecule has 3 amide bonds. The number of carbonyl (C=O) groups excluding carboxylic acids is 3. The average molecular weight is 376 g/mol. The lowest BCUT2D eigenvalue weighted by molar-refractivity contribution is -0.123.